The highest BCUT2D eigenvalue weighted by molar-refractivity contribution is 9.10. The summed E-state index contributed by atoms with van der Waals surface area (Å²) in [5, 5.41) is 14.7. The molecule has 0 aliphatic rings. The van der Waals surface area contributed by atoms with E-state index in [1.165, 1.54) is 6.07 Å². The van der Waals surface area contributed by atoms with Gasteiger partial charge in [0, 0.05) is 16.1 Å². The van der Waals surface area contributed by atoms with Gasteiger partial charge in [-0.3, -0.25) is 4.68 Å². The standard InChI is InChI=1S/C13H13Br2FN2O/c1-7(2)18-12(9(15)6-17-18)13(19)11-8(14)4-3-5-10(11)16/h3-7,13,19H,1-2H3. The van der Waals surface area contributed by atoms with Crippen molar-refractivity contribution in [1.29, 1.82) is 0 Å². The maximum atomic E-state index is 13.9. The van der Waals surface area contributed by atoms with Crippen molar-refractivity contribution in [3.63, 3.8) is 0 Å². The summed E-state index contributed by atoms with van der Waals surface area (Å²) >= 11 is 6.63. The van der Waals surface area contributed by atoms with Gasteiger partial charge >= 0.3 is 0 Å². The molecule has 102 valence electrons. The molecule has 0 bridgehead atoms. The molecular weight excluding hydrogens is 379 g/mol. The number of nitrogens with zero attached hydrogens (tertiary/aromatic N) is 2. The second-order valence-corrected chi connectivity index (χ2v) is 6.16. The van der Waals surface area contributed by atoms with Crippen LogP contribution < -0.4 is 0 Å². The maximum absolute atomic E-state index is 13.9. The molecule has 1 heterocycles. The van der Waals surface area contributed by atoms with Crippen LogP contribution in [0.3, 0.4) is 0 Å². The molecule has 0 spiro atoms. The Balaban J connectivity index is 2.56. The Morgan fingerprint density at radius 3 is 2.53 bits per heavy atom. The summed E-state index contributed by atoms with van der Waals surface area (Å²) in [7, 11) is 0. The minimum Gasteiger partial charge on any atom is -0.382 e. The number of aromatic nitrogens is 2. The quantitative estimate of drug-likeness (QED) is 0.850. The fourth-order valence-corrected chi connectivity index (χ4v) is 2.98. The number of aliphatic hydroxyl groups excluding tert-OH is 1. The van der Waals surface area contributed by atoms with Crippen molar-refractivity contribution in [3.8, 4) is 0 Å². The Morgan fingerprint density at radius 1 is 1.26 bits per heavy atom. The van der Waals surface area contributed by atoms with E-state index in [4.69, 9.17) is 0 Å². The van der Waals surface area contributed by atoms with E-state index in [0.29, 0.717) is 14.6 Å². The van der Waals surface area contributed by atoms with Gasteiger partial charge in [-0.25, -0.2) is 4.39 Å². The summed E-state index contributed by atoms with van der Waals surface area (Å²) in [6.07, 6.45) is 0.516. The van der Waals surface area contributed by atoms with E-state index in [1.807, 2.05) is 13.8 Å². The van der Waals surface area contributed by atoms with Crippen molar-refractivity contribution in [2.45, 2.75) is 26.0 Å². The van der Waals surface area contributed by atoms with Gasteiger partial charge in [0.15, 0.2) is 0 Å². The lowest BCUT2D eigenvalue weighted by atomic mass is 10.1. The first kappa shape index (κ1) is 14.7. The number of rotatable bonds is 3. The van der Waals surface area contributed by atoms with Crippen LogP contribution in [0.15, 0.2) is 33.3 Å². The van der Waals surface area contributed by atoms with Crippen LogP contribution in [0.4, 0.5) is 4.39 Å². The minimum absolute atomic E-state index is 0.0708. The van der Waals surface area contributed by atoms with Crippen LogP contribution >= 0.6 is 31.9 Å². The highest BCUT2D eigenvalue weighted by Gasteiger charge is 2.25. The normalized spacial score (nSPS) is 13.0. The number of hydrogen-bond donors (Lipinski definition) is 1. The average molecular weight is 392 g/mol. The van der Waals surface area contributed by atoms with Crippen molar-refractivity contribution in [2.24, 2.45) is 0 Å². The number of aliphatic hydroxyl groups is 1. The third-order valence-electron chi connectivity index (χ3n) is 2.81. The number of benzene rings is 1. The number of hydrogen-bond acceptors (Lipinski definition) is 2. The third-order valence-corrected chi connectivity index (χ3v) is 4.11. The zero-order chi connectivity index (χ0) is 14.2. The van der Waals surface area contributed by atoms with Crippen LogP contribution in [0.1, 0.15) is 37.3 Å². The first-order chi connectivity index (χ1) is 8.93. The molecule has 2 rings (SSSR count). The first-order valence-electron chi connectivity index (χ1n) is 5.78. The van der Waals surface area contributed by atoms with Gasteiger partial charge in [0.05, 0.1) is 16.4 Å². The summed E-state index contributed by atoms with van der Waals surface area (Å²) in [4.78, 5) is 0. The van der Waals surface area contributed by atoms with E-state index < -0.39 is 11.9 Å². The second-order valence-electron chi connectivity index (χ2n) is 4.45. The summed E-state index contributed by atoms with van der Waals surface area (Å²) < 4.78 is 16.8. The van der Waals surface area contributed by atoms with E-state index in [1.54, 1.807) is 23.0 Å². The molecule has 19 heavy (non-hydrogen) atoms. The average Bonchev–Trinajstić information content (AvgIpc) is 2.70. The van der Waals surface area contributed by atoms with Gasteiger partial charge in [-0.2, -0.15) is 5.10 Å². The van der Waals surface area contributed by atoms with Crippen molar-refractivity contribution < 1.29 is 9.50 Å². The highest BCUT2D eigenvalue weighted by Crippen LogP contribution is 2.35. The predicted molar refractivity (Wildman–Crippen MR) is 78.5 cm³/mol. The van der Waals surface area contributed by atoms with Gasteiger partial charge in [-0.1, -0.05) is 22.0 Å². The number of halogens is 3. The molecule has 2 aromatic rings. The molecule has 1 N–H and O–H groups in total. The van der Waals surface area contributed by atoms with Crippen LogP contribution in [-0.4, -0.2) is 14.9 Å². The molecule has 3 nitrogen and oxygen atoms in total. The lowest BCUT2D eigenvalue weighted by molar-refractivity contribution is 0.198. The summed E-state index contributed by atoms with van der Waals surface area (Å²) in [6, 6.07) is 4.69. The third kappa shape index (κ3) is 2.75. The molecule has 0 aliphatic heterocycles. The van der Waals surface area contributed by atoms with E-state index in [9.17, 15) is 9.50 Å². The largest absolute Gasteiger partial charge is 0.382 e. The van der Waals surface area contributed by atoms with E-state index >= 15 is 0 Å². The molecule has 0 radical (unpaired) electrons. The maximum Gasteiger partial charge on any atom is 0.130 e. The molecule has 6 heteroatoms. The first-order valence-corrected chi connectivity index (χ1v) is 7.37. The summed E-state index contributed by atoms with van der Waals surface area (Å²) in [5.41, 5.74) is 0.756. The molecule has 0 saturated carbocycles. The summed E-state index contributed by atoms with van der Waals surface area (Å²) in [5.74, 6) is -0.453. The Labute approximate surface area is 127 Å². The Kier molecular flexibility index (Phi) is 4.43. The lowest BCUT2D eigenvalue weighted by Crippen LogP contribution is -2.14. The van der Waals surface area contributed by atoms with Crippen molar-refractivity contribution in [3.05, 3.63) is 50.4 Å². The fourth-order valence-electron chi connectivity index (χ4n) is 1.93. The van der Waals surface area contributed by atoms with Gasteiger partial charge in [-0.15, -0.1) is 0 Å². The summed E-state index contributed by atoms with van der Waals surface area (Å²) in [6.45, 7) is 3.90. The van der Waals surface area contributed by atoms with Crippen LogP contribution in [0, 0.1) is 5.82 Å². The van der Waals surface area contributed by atoms with Gasteiger partial charge < -0.3 is 5.11 Å². The molecule has 1 atom stereocenters. The van der Waals surface area contributed by atoms with Crippen LogP contribution in [0.25, 0.3) is 0 Å². The van der Waals surface area contributed by atoms with Gasteiger partial charge in [0.1, 0.15) is 11.9 Å². The molecule has 0 aliphatic carbocycles. The molecule has 1 aromatic heterocycles. The highest BCUT2D eigenvalue weighted by atomic mass is 79.9. The predicted octanol–water partition coefficient (Wildman–Crippen LogP) is 4.21. The zero-order valence-corrected chi connectivity index (χ0v) is 13.6. The van der Waals surface area contributed by atoms with E-state index in [2.05, 4.69) is 37.0 Å². The minimum atomic E-state index is -1.09. The fraction of sp³-hybridized carbons (Fsp3) is 0.308. The smallest absolute Gasteiger partial charge is 0.130 e. The molecule has 1 aromatic carbocycles. The molecule has 0 amide bonds. The van der Waals surface area contributed by atoms with Gasteiger partial charge in [0.2, 0.25) is 0 Å². The lowest BCUT2D eigenvalue weighted by Gasteiger charge is -2.18. The zero-order valence-electron chi connectivity index (χ0n) is 10.4. The molecule has 1 unspecified atom stereocenters. The van der Waals surface area contributed by atoms with Crippen LogP contribution in [-0.2, 0) is 0 Å². The van der Waals surface area contributed by atoms with Crippen LogP contribution in [0.5, 0.6) is 0 Å². The Hall–Kier alpha value is -0.720. The van der Waals surface area contributed by atoms with Crippen molar-refractivity contribution >= 4 is 31.9 Å². The molecule has 0 fully saturated rings. The second kappa shape index (κ2) is 5.73. The molecule has 0 saturated heterocycles. The van der Waals surface area contributed by atoms with Crippen LogP contribution in [0.2, 0.25) is 0 Å². The monoisotopic (exact) mass is 390 g/mol. The SMILES string of the molecule is CC(C)n1ncc(Br)c1C(O)c1c(F)cccc1Br. The van der Waals surface area contributed by atoms with E-state index in [-0.39, 0.29) is 11.6 Å². The topological polar surface area (TPSA) is 38.0 Å². The van der Waals surface area contributed by atoms with Crippen molar-refractivity contribution in [2.75, 3.05) is 0 Å². The van der Waals surface area contributed by atoms with Gasteiger partial charge in [0.25, 0.3) is 0 Å². The van der Waals surface area contributed by atoms with Gasteiger partial charge in [-0.05, 0) is 41.9 Å². The van der Waals surface area contributed by atoms with E-state index in [0.717, 1.165) is 0 Å². The van der Waals surface area contributed by atoms with Crippen molar-refractivity contribution in [1.82, 2.24) is 9.78 Å². The molecular formula is C13H13Br2FN2O. The Morgan fingerprint density at radius 2 is 1.95 bits per heavy atom. The Bertz CT molecular complexity index is 578.